The van der Waals surface area contributed by atoms with Gasteiger partial charge in [-0.2, -0.15) is 0 Å². The van der Waals surface area contributed by atoms with E-state index in [1.54, 1.807) is 12.1 Å². The molecule has 9 heteroatoms. The highest BCUT2D eigenvalue weighted by atomic mass is 32.2. The number of aryl methyl sites for hydroxylation is 2. The Morgan fingerprint density at radius 1 is 1.20 bits per heavy atom. The Morgan fingerprint density at radius 3 is 2.67 bits per heavy atom. The van der Waals surface area contributed by atoms with Crippen molar-refractivity contribution in [1.82, 2.24) is 5.32 Å². The van der Waals surface area contributed by atoms with Gasteiger partial charge < -0.3 is 15.4 Å². The first-order chi connectivity index (χ1) is 14.3. The highest BCUT2D eigenvalue weighted by molar-refractivity contribution is 7.91. The smallest absolute Gasteiger partial charge is 0.262 e. The second-order valence-corrected chi connectivity index (χ2v) is 11.1. The van der Waals surface area contributed by atoms with E-state index in [-0.39, 0.29) is 36.0 Å². The van der Waals surface area contributed by atoms with Gasteiger partial charge in [0.25, 0.3) is 11.8 Å². The van der Waals surface area contributed by atoms with Gasteiger partial charge in [-0.15, -0.1) is 11.3 Å². The van der Waals surface area contributed by atoms with Crippen LogP contribution in [0.2, 0.25) is 0 Å². The molecule has 2 aliphatic rings. The van der Waals surface area contributed by atoms with E-state index >= 15 is 0 Å². The molecule has 1 aromatic carbocycles. The molecule has 1 saturated heterocycles. The van der Waals surface area contributed by atoms with Gasteiger partial charge in [0.15, 0.2) is 16.4 Å². The molecule has 160 valence electrons. The van der Waals surface area contributed by atoms with Crippen LogP contribution in [0.4, 0.5) is 5.00 Å². The first-order valence-electron chi connectivity index (χ1n) is 9.96. The van der Waals surface area contributed by atoms with Crippen molar-refractivity contribution in [3.8, 4) is 5.75 Å². The molecule has 0 saturated carbocycles. The number of nitrogens with one attached hydrogen (secondary N) is 2. The minimum absolute atomic E-state index is 0.0306. The van der Waals surface area contributed by atoms with Gasteiger partial charge in [-0.1, -0.05) is 17.7 Å². The minimum atomic E-state index is -3.09. The fraction of sp³-hybridized carbons (Fsp3) is 0.429. The molecule has 1 aliphatic heterocycles. The summed E-state index contributed by atoms with van der Waals surface area (Å²) in [5, 5.41) is 6.18. The van der Waals surface area contributed by atoms with Gasteiger partial charge in [-0.05, 0) is 50.3 Å². The first kappa shape index (κ1) is 20.9. The number of carbonyl (C=O) groups excluding carboxylic acids is 2. The van der Waals surface area contributed by atoms with Crippen LogP contribution >= 0.6 is 11.3 Å². The molecule has 1 aromatic heterocycles. The maximum absolute atomic E-state index is 13.0. The Morgan fingerprint density at radius 2 is 1.97 bits per heavy atom. The number of rotatable bonds is 6. The second-order valence-electron chi connectivity index (χ2n) is 7.78. The van der Waals surface area contributed by atoms with Crippen molar-refractivity contribution in [3.63, 3.8) is 0 Å². The van der Waals surface area contributed by atoms with E-state index in [0.717, 1.165) is 35.3 Å². The number of amides is 2. The van der Waals surface area contributed by atoms with Gasteiger partial charge in [0.05, 0.1) is 17.1 Å². The molecule has 2 heterocycles. The van der Waals surface area contributed by atoms with Crippen LogP contribution in [-0.4, -0.2) is 44.4 Å². The summed E-state index contributed by atoms with van der Waals surface area (Å²) in [7, 11) is -3.09. The van der Waals surface area contributed by atoms with Crippen molar-refractivity contribution in [2.24, 2.45) is 0 Å². The summed E-state index contributed by atoms with van der Waals surface area (Å²) in [6.45, 7) is 1.81. The summed E-state index contributed by atoms with van der Waals surface area (Å²) < 4.78 is 28.9. The van der Waals surface area contributed by atoms with Crippen LogP contribution < -0.4 is 15.4 Å². The molecule has 4 rings (SSSR count). The zero-order chi connectivity index (χ0) is 21.3. The van der Waals surface area contributed by atoms with Crippen molar-refractivity contribution in [3.05, 3.63) is 45.8 Å². The molecule has 1 atom stereocenters. The quantitative estimate of drug-likeness (QED) is 0.707. The molecule has 0 spiro atoms. The number of hydrogen-bond acceptors (Lipinski definition) is 6. The lowest BCUT2D eigenvalue weighted by Gasteiger charge is -2.13. The Kier molecular flexibility index (Phi) is 5.84. The van der Waals surface area contributed by atoms with Gasteiger partial charge >= 0.3 is 0 Å². The summed E-state index contributed by atoms with van der Waals surface area (Å²) in [4.78, 5) is 26.5. The average molecular weight is 449 g/mol. The highest BCUT2D eigenvalue weighted by Crippen LogP contribution is 2.39. The number of benzene rings is 1. The van der Waals surface area contributed by atoms with Crippen molar-refractivity contribution in [1.29, 1.82) is 0 Å². The van der Waals surface area contributed by atoms with E-state index in [2.05, 4.69) is 10.6 Å². The molecule has 1 aliphatic carbocycles. The minimum Gasteiger partial charge on any atom is -0.484 e. The fourth-order valence-electron chi connectivity index (χ4n) is 3.85. The molecule has 1 fully saturated rings. The molecule has 2 aromatic rings. The highest BCUT2D eigenvalue weighted by Gasteiger charge is 2.32. The maximum Gasteiger partial charge on any atom is 0.262 e. The van der Waals surface area contributed by atoms with Crippen LogP contribution in [0.1, 0.15) is 39.2 Å². The van der Waals surface area contributed by atoms with Crippen LogP contribution in [0.25, 0.3) is 0 Å². The van der Waals surface area contributed by atoms with Gasteiger partial charge in [-0.25, -0.2) is 8.42 Å². The van der Waals surface area contributed by atoms with Crippen LogP contribution in [0.3, 0.4) is 0 Å². The third kappa shape index (κ3) is 4.67. The molecule has 2 amide bonds. The van der Waals surface area contributed by atoms with E-state index in [1.807, 2.05) is 19.1 Å². The molecular weight excluding hydrogens is 424 g/mol. The van der Waals surface area contributed by atoms with Gasteiger partial charge in [0, 0.05) is 10.9 Å². The Labute approximate surface area is 179 Å². The monoisotopic (exact) mass is 448 g/mol. The summed E-state index contributed by atoms with van der Waals surface area (Å²) >= 11 is 1.42. The topological polar surface area (TPSA) is 102 Å². The Hall–Kier alpha value is -2.39. The van der Waals surface area contributed by atoms with E-state index in [9.17, 15) is 18.0 Å². The summed E-state index contributed by atoms with van der Waals surface area (Å²) in [6, 6.07) is 7.03. The molecule has 0 bridgehead atoms. The number of carbonyl (C=O) groups is 2. The lowest BCUT2D eigenvalue weighted by Crippen LogP contribution is -2.36. The maximum atomic E-state index is 13.0. The fourth-order valence-corrected chi connectivity index (χ4v) is 6.82. The molecule has 7 nitrogen and oxygen atoms in total. The molecule has 30 heavy (non-hydrogen) atoms. The Bertz CT molecular complexity index is 1070. The van der Waals surface area contributed by atoms with Crippen molar-refractivity contribution in [2.45, 2.75) is 38.6 Å². The predicted octanol–water partition coefficient (Wildman–Crippen LogP) is 2.48. The van der Waals surface area contributed by atoms with Gasteiger partial charge in [-0.3, -0.25) is 9.59 Å². The molecule has 2 N–H and O–H groups in total. The average Bonchev–Trinajstić information content (AvgIpc) is 3.35. The van der Waals surface area contributed by atoms with Gasteiger partial charge in [0.1, 0.15) is 10.8 Å². The second kappa shape index (κ2) is 8.39. The summed E-state index contributed by atoms with van der Waals surface area (Å²) in [5.74, 6) is 0.0145. The van der Waals surface area contributed by atoms with Crippen LogP contribution in [0.5, 0.6) is 5.75 Å². The molecule has 0 unspecified atom stereocenters. The first-order valence-corrected chi connectivity index (χ1v) is 12.6. The van der Waals surface area contributed by atoms with Crippen molar-refractivity contribution >= 4 is 38.0 Å². The normalized spacial score (nSPS) is 19.3. The number of hydrogen-bond donors (Lipinski definition) is 2. The summed E-state index contributed by atoms with van der Waals surface area (Å²) in [6.07, 6.45) is 3.07. The lowest BCUT2D eigenvalue weighted by molar-refractivity contribution is -0.118. The number of ether oxygens (including phenoxy) is 1. The molecule has 0 radical (unpaired) electrons. The van der Waals surface area contributed by atoms with E-state index < -0.39 is 9.84 Å². The van der Waals surface area contributed by atoms with Crippen molar-refractivity contribution in [2.75, 3.05) is 23.4 Å². The van der Waals surface area contributed by atoms with E-state index in [4.69, 9.17) is 4.74 Å². The zero-order valence-corrected chi connectivity index (χ0v) is 18.3. The molecular formula is C21H24N2O5S2. The third-order valence-corrected chi connectivity index (χ3v) is 8.34. The van der Waals surface area contributed by atoms with E-state index in [1.165, 1.54) is 11.3 Å². The van der Waals surface area contributed by atoms with E-state index in [0.29, 0.717) is 22.7 Å². The third-order valence-electron chi connectivity index (χ3n) is 5.36. The SMILES string of the molecule is Cc1ccc(OCC(=O)Nc2sc3c(c2C(=O)N[C@@H]2CCS(=O)(=O)C2)CCC3)cc1. The summed E-state index contributed by atoms with van der Waals surface area (Å²) in [5.41, 5.74) is 2.54. The van der Waals surface area contributed by atoms with Crippen LogP contribution in [0, 0.1) is 6.92 Å². The van der Waals surface area contributed by atoms with Crippen molar-refractivity contribution < 1.29 is 22.7 Å². The van der Waals surface area contributed by atoms with Crippen LogP contribution in [0.15, 0.2) is 24.3 Å². The predicted molar refractivity (Wildman–Crippen MR) is 116 cm³/mol. The number of thiophene rings is 1. The van der Waals surface area contributed by atoms with Gasteiger partial charge in [0.2, 0.25) is 0 Å². The Balaban J connectivity index is 1.45. The number of anilines is 1. The number of fused-ring (bicyclic) bond motifs is 1. The van der Waals surface area contributed by atoms with Crippen LogP contribution in [-0.2, 0) is 27.5 Å². The standard InChI is InChI=1S/C21H24N2O5S2/c1-13-5-7-15(8-6-13)28-11-18(24)23-21-19(16-3-2-4-17(16)29-21)20(25)22-14-9-10-30(26,27)12-14/h5-8,14H,2-4,9-12H2,1H3,(H,22,25)(H,23,24)/t14-/m1/s1. The largest absolute Gasteiger partial charge is 0.484 e. The lowest BCUT2D eigenvalue weighted by atomic mass is 10.1. The zero-order valence-electron chi connectivity index (χ0n) is 16.7. The number of sulfone groups is 1.